The van der Waals surface area contributed by atoms with Crippen LogP contribution in [-0.4, -0.2) is 8.42 Å². The molecule has 0 radical (unpaired) electrons. The lowest BCUT2D eigenvalue weighted by atomic mass is 9.96. The minimum Gasteiger partial charge on any atom is -0.461 e. The topological polar surface area (TPSA) is 59.3 Å². The second kappa shape index (κ2) is 6.13. The molecule has 3 aromatic carbocycles. The number of rotatable bonds is 3. The van der Waals surface area contributed by atoms with Crippen molar-refractivity contribution in [3.05, 3.63) is 72.0 Å². The number of nitrogens with one attached hydrogen (secondary N) is 1. The lowest BCUT2D eigenvalue weighted by Crippen LogP contribution is -2.13. The van der Waals surface area contributed by atoms with Crippen LogP contribution in [0.1, 0.15) is 24.2 Å². The summed E-state index contributed by atoms with van der Waals surface area (Å²) in [5.41, 5.74) is 2.61. The Morgan fingerprint density at radius 1 is 0.852 bits per heavy atom. The molecule has 1 aromatic heterocycles. The number of hydrogen-bond donors (Lipinski definition) is 1. The quantitative estimate of drug-likeness (QED) is 0.529. The van der Waals surface area contributed by atoms with Crippen LogP contribution in [0.2, 0.25) is 0 Å². The summed E-state index contributed by atoms with van der Waals surface area (Å²) in [4.78, 5) is 0.287. The van der Waals surface area contributed by atoms with Crippen LogP contribution in [-0.2, 0) is 22.9 Å². The molecule has 27 heavy (non-hydrogen) atoms. The predicted octanol–water partition coefficient (Wildman–Crippen LogP) is 5.27. The van der Waals surface area contributed by atoms with Crippen molar-refractivity contribution >= 4 is 37.5 Å². The van der Waals surface area contributed by atoms with Gasteiger partial charge in [-0.3, -0.25) is 4.72 Å². The smallest absolute Gasteiger partial charge is 0.262 e. The third-order valence-corrected chi connectivity index (χ3v) is 6.69. The SMILES string of the molecule is O=S(=O)(Nc1ccc2oc3c(c2c1)CCCC3)c1cccc2ccccc12. The highest BCUT2D eigenvalue weighted by atomic mass is 32.2. The highest BCUT2D eigenvalue weighted by Crippen LogP contribution is 2.34. The minimum atomic E-state index is -3.69. The van der Waals surface area contributed by atoms with Crippen molar-refractivity contribution in [1.29, 1.82) is 0 Å². The fraction of sp³-hybridized carbons (Fsp3) is 0.182. The average molecular weight is 377 g/mol. The highest BCUT2D eigenvalue weighted by molar-refractivity contribution is 7.93. The summed E-state index contributed by atoms with van der Waals surface area (Å²) < 4.78 is 34.8. The van der Waals surface area contributed by atoms with Crippen LogP contribution in [0.3, 0.4) is 0 Å². The fourth-order valence-corrected chi connectivity index (χ4v) is 5.25. The van der Waals surface area contributed by atoms with E-state index in [1.807, 2.05) is 42.5 Å². The molecule has 0 amide bonds. The Bertz CT molecular complexity index is 1270. The van der Waals surface area contributed by atoms with Crippen molar-refractivity contribution < 1.29 is 12.8 Å². The second-order valence-electron chi connectivity index (χ2n) is 7.00. The monoisotopic (exact) mass is 377 g/mol. The van der Waals surface area contributed by atoms with Crippen molar-refractivity contribution in [2.24, 2.45) is 0 Å². The first kappa shape index (κ1) is 16.4. The molecule has 5 rings (SSSR count). The molecule has 1 aliphatic carbocycles. The summed E-state index contributed by atoms with van der Waals surface area (Å²) in [6.07, 6.45) is 4.24. The average Bonchev–Trinajstić information content (AvgIpc) is 3.05. The molecule has 1 aliphatic rings. The normalized spacial score (nSPS) is 14.4. The van der Waals surface area contributed by atoms with Gasteiger partial charge in [0.05, 0.1) is 4.90 Å². The van der Waals surface area contributed by atoms with Crippen LogP contribution in [0.25, 0.3) is 21.7 Å². The van der Waals surface area contributed by atoms with E-state index in [9.17, 15) is 8.42 Å². The van der Waals surface area contributed by atoms with Gasteiger partial charge in [-0.2, -0.15) is 0 Å². The van der Waals surface area contributed by atoms with Gasteiger partial charge in [0.1, 0.15) is 11.3 Å². The van der Waals surface area contributed by atoms with Crippen molar-refractivity contribution in [1.82, 2.24) is 0 Å². The molecule has 0 aliphatic heterocycles. The zero-order valence-electron chi connectivity index (χ0n) is 14.7. The number of furan rings is 1. The molecule has 5 heteroatoms. The summed E-state index contributed by atoms with van der Waals surface area (Å²) in [5.74, 6) is 1.05. The number of benzene rings is 3. The molecular formula is C22H19NO3S. The lowest BCUT2D eigenvalue weighted by molar-refractivity contribution is 0.506. The standard InChI is InChI=1S/C22H19NO3S/c24-27(25,22-11-5-7-15-6-1-2-8-17(15)22)23-16-12-13-21-19(14-16)18-9-3-4-10-20(18)26-21/h1-2,5-8,11-14,23H,3-4,9-10H2. The highest BCUT2D eigenvalue weighted by Gasteiger charge is 2.20. The van der Waals surface area contributed by atoms with Crippen LogP contribution >= 0.6 is 0 Å². The van der Waals surface area contributed by atoms with Crippen molar-refractivity contribution in [3.63, 3.8) is 0 Å². The van der Waals surface area contributed by atoms with E-state index in [1.165, 1.54) is 5.56 Å². The summed E-state index contributed by atoms with van der Waals surface area (Å²) in [6, 6.07) is 18.3. The van der Waals surface area contributed by atoms with Crippen LogP contribution < -0.4 is 4.72 Å². The molecule has 0 saturated heterocycles. The zero-order chi connectivity index (χ0) is 18.4. The molecule has 0 fully saturated rings. The first-order valence-electron chi connectivity index (χ1n) is 9.17. The maximum atomic E-state index is 13.0. The number of sulfonamides is 1. The van der Waals surface area contributed by atoms with Crippen LogP contribution in [0.15, 0.2) is 70.0 Å². The first-order valence-corrected chi connectivity index (χ1v) is 10.6. The van der Waals surface area contributed by atoms with E-state index in [2.05, 4.69) is 4.72 Å². The van der Waals surface area contributed by atoms with Gasteiger partial charge in [-0.1, -0.05) is 36.4 Å². The Kier molecular flexibility index (Phi) is 3.72. The van der Waals surface area contributed by atoms with Gasteiger partial charge in [-0.25, -0.2) is 8.42 Å². The molecule has 1 N–H and O–H groups in total. The zero-order valence-corrected chi connectivity index (χ0v) is 15.6. The van der Waals surface area contributed by atoms with E-state index < -0.39 is 10.0 Å². The van der Waals surface area contributed by atoms with Gasteiger partial charge in [0.2, 0.25) is 0 Å². The maximum Gasteiger partial charge on any atom is 0.262 e. The second-order valence-corrected chi connectivity index (χ2v) is 8.66. The summed E-state index contributed by atoms with van der Waals surface area (Å²) in [6.45, 7) is 0. The van der Waals surface area contributed by atoms with Crippen LogP contribution in [0.5, 0.6) is 0 Å². The molecule has 0 saturated carbocycles. The van der Waals surface area contributed by atoms with Crippen LogP contribution in [0, 0.1) is 0 Å². The summed E-state index contributed by atoms with van der Waals surface area (Å²) >= 11 is 0. The summed E-state index contributed by atoms with van der Waals surface area (Å²) in [7, 11) is -3.69. The Morgan fingerprint density at radius 3 is 2.59 bits per heavy atom. The molecule has 0 unspecified atom stereocenters. The third-order valence-electron chi connectivity index (χ3n) is 5.25. The van der Waals surface area contributed by atoms with Crippen molar-refractivity contribution in [2.75, 3.05) is 4.72 Å². The van der Waals surface area contributed by atoms with E-state index in [0.717, 1.165) is 47.8 Å². The van der Waals surface area contributed by atoms with E-state index in [-0.39, 0.29) is 4.90 Å². The minimum absolute atomic E-state index is 0.287. The van der Waals surface area contributed by atoms with Crippen molar-refractivity contribution in [3.8, 4) is 0 Å². The van der Waals surface area contributed by atoms with E-state index in [0.29, 0.717) is 11.1 Å². The summed E-state index contributed by atoms with van der Waals surface area (Å²) in [5, 5.41) is 2.64. The molecular weight excluding hydrogens is 358 g/mol. The van der Waals surface area contributed by atoms with E-state index in [4.69, 9.17) is 4.42 Å². The van der Waals surface area contributed by atoms with Crippen molar-refractivity contribution in [2.45, 2.75) is 30.6 Å². The number of anilines is 1. The Labute approximate surface area is 157 Å². The first-order chi connectivity index (χ1) is 13.1. The largest absolute Gasteiger partial charge is 0.461 e. The van der Waals surface area contributed by atoms with Gasteiger partial charge in [0.15, 0.2) is 0 Å². The number of aryl methyl sites for hydroxylation is 2. The van der Waals surface area contributed by atoms with Gasteiger partial charge in [-0.15, -0.1) is 0 Å². The number of fused-ring (bicyclic) bond motifs is 4. The van der Waals surface area contributed by atoms with Gasteiger partial charge in [0.25, 0.3) is 10.0 Å². The molecule has 4 aromatic rings. The maximum absolute atomic E-state index is 13.0. The third kappa shape index (κ3) is 2.79. The Morgan fingerprint density at radius 2 is 1.67 bits per heavy atom. The molecule has 0 spiro atoms. The number of hydrogen-bond acceptors (Lipinski definition) is 3. The molecule has 1 heterocycles. The molecule has 4 nitrogen and oxygen atoms in total. The van der Waals surface area contributed by atoms with Gasteiger partial charge in [-0.05, 0) is 48.9 Å². The van der Waals surface area contributed by atoms with E-state index in [1.54, 1.807) is 18.2 Å². The Balaban J connectivity index is 1.57. The molecule has 0 bridgehead atoms. The van der Waals surface area contributed by atoms with Gasteiger partial charge < -0.3 is 4.42 Å². The predicted molar refractivity (Wildman–Crippen MR) is 108 cm³/mol. The van der Waals surface area contributed by atoms with Gasteiger partial charge in [0, 0.05) is 28.4 Å². The Hall–Kier alpha value is -2.79. The van der Waals surface area contributed by atoms with E-state index >= 15 is 0 Å². The fourth-order valence-electron chi connectivity index (χ4n) is 3.97. The lowest BCUT2D eigenvalue weighted by Gasteiger charge is -2.11. The molecule has 0 atom stereocenters. The van der Waals surface area contributed by atoms with Crippen LogP contribution in [0.4, 0.5) is 5.69 Å². The molecule has 136 valence electrons. The van der Waals surface area contributed by atoms with Gasteiger partial charge >= 0.3 is 0 Å².